The van der Waals surface area contributed by atoms with Gasteiger partial charge in [0.25, 0.3) is 0 Å². The quantitative estimate of drug-likeness (QED) is 0.903. The predicted octanol–water partition coefficient (Wildman–Crippen LogP) is 2.45. The number of hydrogen-bond acceptors (Lipinski definition) is 2. The number of rotatable bonds is 3. The fraction of sp³-hybridized carbons (Fsp3) is 0.562. The van der Waals surface area contributed by atoms with E-state index in [-0.39, 0.29) is 11.3 Å². The van der Waals surface area contributed by atoms with E-state index in [4.69, 9.17) is 0 Å². The molecule has 19 heavy (non-hydrogen) atoms. The predicted molar refractivity (Wildman–Crippen MR) is 77.5 cm³/mol. The number of hydrogen-bond donors (Lipinski definition) is 1. The summed E-state index contributed by atoms with van der Waals surface area (Å²) in [5.41, 5.74) is 2.82. The number of amides is 1. The Balaban J connectivity index is 1.90. The van der Waals surface area contributed by atoms with Gasteiger partial charge in [-0.25, -0.2) is 0 Å². The van der Waals surface area contributed by atoms with Crippen LogP contribution < -0.4 is 10.2 Å². The van der Waals surface area contributed by atoms with Crippen molar-refractivity contribution in [1.82, 2.24) is 5.32 Å². The number of benzene rings is 1. The van der Waals surface area contributed by atoms with E-state index in [2.05, 4.69) is 23.5 Å². The van der Waals surface area contributed by atoms with E-state index in [1.54, 1.807) is 0 Å². The first-order valence-electron chi connectivity index (χ1n) is 7.31. The summed E-state index contributed by atoms with van der Waals surface area (Å²) >= 11 is 0. The third-order valence-corrected chi connectivity index (χ3v) is 4.68. The minimum Gasteiger partial charge on any atom is -0.319 e. The van der Waals surface area contributed by atoms with Crippen LogP contribution in [0.2, 0.25) is 0 Å². The second-order valence-electron chi connectivity index (χ2n) is 5.84. The van der Waals surface area contributed by atoms with Gasteiger partial charge in [-0.1, -0.05) is 31.0 Å². The molecule has 3 rings (SSSR count). The van der Waals surface area contributed by atoms with Crippen molar-refractivity contribution in [2.75, 3.05) is 25.0 Å². The standard InChI is InChI=1S/C16H22N2O/c1-17-11-8-15(19)18-12-16(9-4-5-10-16)13-6-2-3-7-14(13)18/h2-3,6-7,17H,4-5,8-12H2,1H3. The number of nitrogens with one attached hydrogen (secondary N) is 1. The van der Waals surface area contributed by atoms with Crippen molar-refractivity contribution in [2.45, 2.75) is 37.5 Å². The first-order valence-corrected chi connectivity index (χ1v) is 7.31. The third kappa shape index (κ3) is 2.06. The van der Waals surface area contributed by atoms with Gasteiger partial charge in [0.15, 0.2) is 0 Å². The zero-order valence-corrected chi connectivity index (χ0v) is 11.6. The maximum absolute atomic E-state index is 12.4. The SMILES string of the molecule is CNCCC(=O)N1CC2(CCCC2)c2ccccc21. The van der Waals surface area contributed by atoms with Gasteiger partial charge in [0.1, 0.15) is 0 Å². The van der Waals surface area contributed by atoms with Gasteiger partial charge < -0.3 is 10.2 Å². The van der Waals surface area contributed by atoms with Crippen LogP contribution in [0.5, 0.6) is 0 Å². The highest BCUT2D eigenvalue weighted by Crippen LogP contribution is 2.50. The molecule has 102 valence electrons. The number of nitrogens with zero attached hydrogens (tertiary/aromatic N) is 1. The van der Waals surface area contributed by atoms with E-state index < -0.39 is 0 Å². The molecule has 1 saturated carbocycles. The number of para-hydroxylation sites is 1. The topological polar surface area (TPSA) is 32.3 Å². The Morgan fingerprint density at radius 3 is 2.79 bits per heavy atom. The zero-order valence-electron chi connectivity index (χ0n) is 11.6. The first kappa shape index (κ1) is 12.7. The number of carbonyl (C=O) groups is 1. The van der Waals surface area contributed by atoms with Crippen molar-refractivity contribution >= 4 is 11.6 Å². The van der Waals surface area contributed by atoms with Gasteiger partial charge in [-0.15, -0.1) is 0 Å². The summed E-state index contributed by atoms with van der Waals surface area (Å²) in [5, 5.41) is 3.06. The molecule has 1 fully saturated rings. The summed E-state index contributed by atoms with van der Waals surface area (Å²) in [6.45, 7) is 1.65. The molecule has 2 aliphatic rings. The lowest BCUT2D eigenvalue weighted by molar-refractivity contribution is -0.118. The monoisotopic (exact) mass is 258 g/mol. The van der Waals surface area contributed by atoms with E-state index >= 15 is 0 Å². The Morgan fingerprint density at radius 1 is 1.32 bits per heavy atom. The summed E-state index contributed by atoms with van der Waals surface area (Å²) in [6, 6.07) is 8.50. The van der Waals surface area contributed by atoms with Crippen LogP contribution in [0.1, 0.15) is 37.7 Å². The van der Waals surface area contributed by atoms with Crippen molar-refractivity contribution < 1.29 is 4.79 Å². The highest BCUT2D eigenvalue weighted by Gasteiger charge is 2.45. The van der Waals surface area contributed by atoms with Crippen molar-refractivity contribution in [3.63, 3.8) is 0 Å². The van der Waals surface area contributed by atoms with Gasteiger partial charge >= 0.3 is 0 Å². The van der Waals surface area contributed by atoms with E-state index in [1.165, 1.54) is 31.2 Å². The van der Waals surface area contributed by atoms with Gasteiger partial charge in [0, 0.05) is 30.6 Å². The molecule has 0 unspecified atom stereocenters. The normalized spacial score (nSPS) is 19.9. The largest absolute Gasteiger partial charge is 0.319 e. The van der Waals surface area contributed by atoms with Gasteiger partial charge in [0.05, 0.1) is 0 Å². The summed E-state index contributed by atoms with van der Waals surface area (Å²) in [7, 11) is 1.89. The molecule has 1 amide bonds. The molecule has 1 N–H and O–H groups in total. The lowest BCUT2D eigenvalue weighted by Gasteiger charge is -2.24. The third-order valence-electron chi connectivity index (χ3n) is 4.68. The second-order valence-corrected chi connectivity index (χ2v) is 5.84. The van der Waals surface area contributed by atoms with Crippen LogP contribution in [-0.4, -0.2) is 26.0 Å². The number of carbonyl (C=O) groups excluding carboxylic acids is 1. The molecule has 0 bridgehead atoms. The molecule has 0 atom stereocenters. The number of fused-ring (bicyclic) bond motifs is 2. The maximum atomic E-state index is 12.4. The van der Waals surface area contributed by atoms with Crippen LogP contribution >= 0.6 is 0 Å². The fourth-order valence-electron chi connectivity index (χ4n) is 3.70. The molecule has 1 spiro atoms. The van der Waals surface area contributed by atoms with Gasteiger partial charge in [-0.2, -0.15) is 0 Å². The maximum Gasteiger partial charge on any atom is 0.228 e. The van der Waals surface area contributed by atoms with Crippen LogP contribution in [0.25, 0.3) is 0 Å². The minimum absolute atomic E-state index is 0.255. The summed E-state index contributed by atoms with van der Waals surface area (Å²) in [4.78, 5) is 14.4. The van der Waals surface area contributed by atoms with Crippen molar-refractivity contribution in [2.24, 2.45) is 0 Å². The molecular formula is C16H22N2O. The smallest absolute Gasteiger partial charge is 0.228 e. The lowest BCUT2D eigenvalue weighted by atomic mass is 9.81. The van der Waals surface area contributed by atoms with E-state index in [0.717, 1.165) is 18.8 Å². The molecule has 1 heterocycles. The summed E-state index contributed by atoms with van der Waals surface area (Å²) < 4.78 is 0. The molecule has 1 aromatic rings. The Bertz CT molecular complexity index is 477. The summed E-state index contributed by atoms with van der Waals surface area (Å²) in [6.07, 6.45) is 5.65. The van der Waals surface area contributed by atoms with Crippen LogP contribution in [-0.2, 0) is 10.2 Å². The van der Waals surface area contributed by atoms with E-state index in [9.17, 15) is 4.79 Å². The average molecular weight is 258 g/mol. The zero-order chi connectivity index (χ0) is 13.3. The van der Waals surface area contributed by atoms with Gasteiger partial charge in [-0.05, 0) is 31.5 Å². The molecule has 0 aromatic heterocycles. The Hall–Kier alpha value is -1.35. The highest BCUT2D eigenvalue weighted by atomic mass is 16.2. The van der Waals surface area contributed by atoms with Crippen LogP contribution in [0.4, 0.5) is 5.69 Å². The Kier molecular flexibility index (Phi) is 3.31. The van der Waals surface area contributed by atoms with Crippen LogP contribution in [0.15, 0.2) is 24.3 Å². The second kappa shape index (κ2) is 4.97. The van der Waals surface area contributed by atoms with E-state index in [0.29, 0.717) is 6.42 Å². The Labute approximate surface area is 115 Å². The molecule has 1 aromatic carbocycles. The lowest BCUT2D eigenvalue weighted by Crippen LogP contribution is -2.36. The van der Waals surface area contributed by atoms with Crippen LogP contribution in [0, 0.1) is 0 Å². The van der Waals surface area contributed by atoms with Crippen molar-refractivity contribution in [1.29, 1.82) is 0 Å². The minimum atomic E-state index is 0.255. The van der Waals surface area contributed by atoms with Crippen LogP contribution in [0.3, 0.4) is 0 Å². The molecule has 3 nitrogen and oxygen atoms in total. The first-order chi connectivity index (χ1) is 9.27. The molecule has 0 saturated heterocycles. The highest BCUT2D eigenvalue weighted by molar-refractivity contribution is 5.96. The molecule has 1 aliphatic heterocycles. The Morgan fingerprint density at radius 2 is 2.05 bits per heavy atom. The fourth-order valence-corrected chi connectivity index (χ4v) is 3.70. The van der Waals surface area contributed by atoms with Crippen molar-refractivity contribution in [3.05, 3.63) is 29.8 Å². The van der Waals surface area contributed by atoms with Crippen molar-refractivity contribution in [3.8, 4) is 0 Å². The van der Waals surface area contributed by atoms with Gasteiger partial charge in [0.2, 0.25) is 5.91 Å². The molecule has 3 heteroatoms. The van der Waals surface area contributed by atoms with Gasteiger partial charge in [-0.3, -0.25) is 4.79 Å². The summed E-state index contributed by atoms with van der Waals surface area (Å²) in [5.74, 6) is 0.255. The molecule has 1 aliphatic carbocycles. The average Bonchev–Trinajstić information content (AvgIpc) is 3.04. The van der Waals surface area contributed by atoms with E-state index in [1.807, 2.05) is 18.0 Å². The number of anilines is 1. The molecule has 0 radical (unpaired) electrons. The molecular weight excluding hydrogens is 236 g/mol.